The Balaban J connectivity index is 1.69. The van der Waals surface area contributed by atoms with Crippen LogP contribution >= 0.6 is 0 Å². The summed E-state index contributed by atoms with van der Waals surface area (Å²) in [7, 11) is 5.89. The van der Waals surface area contributed by atoms with Crippen molar-refractivity contribution in [3.63, 3.8) is 0 Å². The average molecular weight is 260 g/mol. The van der Waals surface area contributed by atoms with Crippen molar-refractivity contribution in [2.45, 2.75) is 90.3 Å². The van der Waals surface area contributed by atoms with Gasteiger partial charge in [-0.1, -0.05) is 64.6 Å². The van der Waals surface area contributed by atoms with E-state index in [1.54, 1.807) is 0 Å². The van der Waals surface area contributed by atoms with E-state index in [1.807, 2.05) is 0 Å². The lowest BCUT2D eigenvalue weighted by atomic mass is 9.68. The van der Waals surface area contributed by atoms with Crippen LogP contribution in [0.2, 0.25) is 5.82 Å². The smallest absolute Gasteiger partial charge is 0.0695 e. The molecule has 2 saturated carbocycles. The van der Waals surface area contributed by atoms with Crippen LogP contribution in [0.15, 0.2) is 0 Å². The maximum absolute atomic E-state index is 5.89. The van der Waals surface area contributed by atoms with E-state index in [-0.39, 0.29) is 0 Å². The summed E-state index contributed by atoms with van der Waals surface area (Å²) in [5, 5.41) is 0. The molecule has 2 fully saturated rings. The maximum atomic E-state index is 5.89. The molecule has 1 heteroatoms. The lowest BCUT2D eigenvalue weighted by Crippen LogP contribution is -2.26. The molecule has 0 aromatic carbocycles. The van der Waals surface area contributed by atoms with Gasteiger partial charge in [0, 0.05) is 0 Å². The summed E-state index contributed by atoms with van der Waals surface area (Å²) >= 11 is 0. The van der Waals surface area contributed by atoms with Gasteiger partial charge < -0.3 is 0 Å². The Kier molecular flexibility index (Phi) is 6.30. The predicted molar refractivity (Wildman–Crippen MR) is 85.6 cm³/mol. The van der Waals surface area contributed by atoms with E-state index in [0.29, 0.717) is 5.82 Å². The maximum Gasteiger partial charge on any atom is 0.0695 e. The summed E-state index contributed by atoms with van der Waals surface area (Å²) in [5.74, 6) is 4.46. The fourth-order valence-corrected chi connectivity index (χ4v) is 4.55. The second-order valence-electron chi connectivity index (χ2n) is 7.60. The van der Waals surface area contributed by atoms with Crippen LogP contribution < -0.4 is 0 Å². The average Bonchev–Trinajstić information content (AvgIpc) is 2.46. The van der Waals surface area contributed by atoms with Gasteiger partial charge >= 0.3 is 0 Å². The minimum absolute atomic E-state index is 0.390. The molecule has 2 radical (unpaired) electrons. The SMILES string of the molecule is [B]C(C)CCC(C)C1CCC(C2CCCCC2)CC1. The molecule has 2 aliphatic carbocycles. The molecule has 0 aliphatic heterocycles. The Morgan fingerprint density at radius 3 is 1.95 bits per heavy atom. The highest BCUT2D eigenvalue weighted by molar-refractivity contribution is 6.11. The van der Waals surface area contributed by atoms with Crippen molar-refractivity contribution < 1.29 is 0 Å². The topological polar surface area (TPSA) is 0 Å². The van der Waals surface area contributed by atoms with Crippen LogP contribution in [-0.2, 0) is 0 Å². The number of hydrogen-bond acceptors (Lipinski definition) is 0. The summed E-state index contributed by atoms with van der Waals surface area (Å²) in [6.07, 6.45) is 16.2. The van der Waals surface area contributed by atoms with Gasteiger partial charge in [-0.15, -0.1) is 0 Å². The van der Waals surface area contributed by atoms with Gasteiger partial charge in [-0.2, -0.15) is 0 Å². The highest BCUT2D eigenvalue weighted by atomic mass is 14.4. The third kappa shape index (κ3) is 4.83. The Labute approximate surface area is 122 Å². The number of hydrogen-bond donors (Lipinski definition) is 0. The molecule has 0 saturated heterocycles. The van der Waals surface area contributed by atoms with Gasteiger partial charge in [-0.05, 0) is 49.4 Å². The first-order valence-corrected chi connectivity index (χ1v) is 8.92. The van der Waals surface area contributed by atoms with Gasteiger partial charge in [0.1, 0.15) is 0 Å². The quantitative estimate of drug-likeness (QED) is 0.551. The zero-order valence-corrected chi connectivity index (χ0v) is 13.2. The zero-order chi connectivity index (χ0) is 13.7. The van der Waals surface area contributed by atoms with Crippen LogP contribution in [0.5, 0.6) is 0 Å². The largest absolute Gasteiger partial charge is 0.0802 e. The first-order valence-electron chi connectivity index (χ1n) is 8.92. The minimum Gasteiger partial charge on any atom is -0.0802 e. The van der Waals surface area contributed by atoms with E-state index >= 15 is 0 Å². The highest BCUT2D eigenvalue weighted by Gasteiger charge is 2.30. The lowest BCUT2D eigenvalue weighted by Gasteiger charge is -2.38. The van der Waals surface area contributed by atoms with Crippen molar-refractivity contribution in [1.29, 1.82) is 0 Å². The molecule has 0 aromatic rings. The van der Waals surface area contributed by atoms with E-state index in [1.165, 1.54) is 70.6 Å². The zero-order valence-electron chi connectivity index (χ0n) is 13.2. The predicted octanol–water partition coefficient (Wildman–Crippen LogP) is 5.77. The highest BCUT2D eigenvalue weighted by Crippen LogP contribution is 2.42. The number of rotatable bonds is 5. The van der Waals surface area contributed by atoms with Crippen LogP contribution in [0.25, 0.3) is 0 Å². The molecule has 0 amide bonds. The fourth-order valence-electron chi connectivity index (χ4n) is 4.55. The molecular weight excluding hydrogens is 227 g/mol. The molecule has 0 N–H and O–H groups in total. The van der Waals surface area contributed by atoms with Crippen molar-refractivity contribution in [2.24, 2.45) is 23.7 Å². The molecule has 2 atom stereocenters. The van der Waals surface area contributed by atoms with Crippen LogP contribution in [0, 0.1) is 23.7 Å². The van der Waals surface area contributed by atoms with E-state index in [0.717, 1.165) is 23.7 Å². The third-order valence-electron chi connectivity index (χ3n) is 6.02. The molecule has 0 spiro atoms. The normalized spacial score (nSPS) is 32.9. The second-order valence-corrected chi connectivity index (χ2v) is 7.60. The van der Waals surface area contributed by atoms with Gasteiger partial charge in [-0.25, -0.2) is 0 Å². The first kappa shape index (κ1) is 15.5. The summed E-state index contributed by atoms with van der Waals surface area (Å²) in [6.45, 7) is 4.61. The van der Waals surface area contributed by atoms with Crippen molar-refractivity contribution in [1.82, 2.24) is 0 Å². The monoisotopic (exact) mass is 260 g/mol. The Morgan fingerprint density at radius 1 is 0.789 bits per heavy atom. The molecular formula is C18H33B. The molecule has 0 heterocycles. The van der Waals surface area contributed by atoms with E-state index in [4.69, 9.17) is 7.85 Å². The first-order chi connectivity index (χ1) is 9.16. The van der Waals surface area contributed by atoms with Crippen molar-refractivity contribution in [3.05, 3.63) is 0 Å². The molecule has 2 rings (SSSR count). The minimum atomic E-state index is 0.390. The molecule has 2 unspecified atom stereocenters. The van der Waals surface area contributed by atoms with Gasteiger partial charge in [0.2, 0.25) is 0 Å². The standard InChI is InChI=1S/C18H33B/c1-14(8-9-15(2)19)16-10-12-18(13-11-16)17-6-4-3-5-7-17/h14-18H,3-13H2,1-2H3. The summed E-state index contributed by atoms with van der Waals surface area (Å²) < 4.78 is 0. The van der Waals surface area contributed by atoms with Crippen molar-refractivity contribution in [2.75, 3.05) is 0 Å². The van der Waals surface area contributed by atoms with Crippen LogP contribution in [0.1, 0.15) is 84.5 Å². The van der Waals surface area contributed by atoms with Gasteiger partial charge in [-0.3, -0.25) is 0 Å². The van der Waals surface area contributed by atoms with Crippen LogP contribution in [-0.4, -0.2) is 7.85 Å². The molecule has 0 nitrogen and oxygen atoms in total. The molecule has 0 aromatic heterocycles. The van der Waals surface area contributed by atoms with Crippen molar-refractivity contribution >= 4 is 7.85 Å². The van der Waals surface area contributed by atoms with Crippen LogP contribution in [0.3, 0.4) is 0 Å². The Morgan fingerprint density at radius 2 is 1.37 bits per heavy atom. The molecule has 19 heavy (non-hydrogen) atoms. The van der Waals surface area contributed by atoms with Gasteiger partial charge in [0.05, 0.1) is 7.85 Å². The Bertz CT molecular complexity index is 234. The lowest BCUT2D eigenvalue weighted by molar-refractivity contribution is 0.140. The Hall–Kier alpha value is 0.0649. The molecule has 108 valence electrons. The summed E-state index contributed by atoms with van der Waals surface area (Å²) in [6, 6.07) is 0. The van der Waals surface area contributed by atoms with Crippen molar-refractivity contribution in [3.8, 4) is 0 Å². The molecule has 0 bridgehead atoms. The van der Waals surface area contributed by atoms with E-state index < -0.39 is 0 Å². The van der Waals surface area contributed by atoms with Gasteiger partial charge in [0.25, 0.3) is 0 Å². The summed E-state index contributed by atoms with van der Waals surface area (Å²) in [4.78, 5) is 0. The van der Waals surface area contributed by atoms with E-state index in [2.05, 4.69) is 13.8 Å². The molecule has 2 aliphatic rings. The third-order valence-corrected chi connectivity index (χ3v) is 6.02. The fraction of sp³-hybridized carbons (Fsp3) is 1.00. The van der Waals surface area contributed by atoms with E-state index in [9.17, 15) is 0 Å². The summed E-state index contributed by atoms with van der Waals surface area (Å²) in [5.41, 5.74) is 0. The second kappa shape index (κ2) is 7.74. The van der Waals surface area contributed by atoms with Gasteiger partial charge in [0.15, 0.2) is 0 Å². The van der Waals surface area contributed by atoms with Crippen LogP contribution in [0.4, 0.5) is 0 Å².